The third kappa shape index (κ3) is 3.31. The predicted octanol–water partition coefficient (Wildman–Crippen LogP) is 0.884. The van der Waals surface area contributed by atoms with E-state index in [-0.39, 0.29) is 17.3 Å². The van der Waals surface area contributed by atoms with Crippen LogP contribution in [0, 0.1) is 0 Å². The lowest BCUT2D eigenvalue weighted by Gasteiger charge is -2.36. The second kappa shape index (κ2) is 6.93. The lowest BCUT2D eigenvalue weighted by molar-refractivity contribution is 0.149. The van der Waals surface area contributed by atoms with Crippen LogP contribution in [0.5, 0.6) is 0 Å². The van der Waals surface area contributed by atoms with Gasteiger partial charge in [0.1, 0.15) is 0 Å². The topological polar surface area (TPSA) is 59.3 Å². The number of piperazine rings is 1. The Morgan fingerprint density at radius 2 is 2.00 bits per heavy atom. The molecule has 0 radical (unpaired) electrons. The van der Waals surface area contributed by atoms with E-state index in [9.17, 15) is 9.59 Å². The number of benzene rings is 1. The Bertz CT molecular complexity index is 858. The van der Waals surface area contributed by atoms with Crippen LogP contribution in [-0.2, 0) is 20.6 Å². The number of aromatic nitrogens is 2. The molecule has 0 amide bonds. The summed E-state index contributed by atoms with van der Waals surface area (Å²) in [6, 6.07) is 9.51. The van der Waals surface area contributed by atoms with Crippen LogP contribution in [0.1, 0.15) is 17.3 Å². The number of hydrogen-bond donors (Lipinski definition) is 1. The molecule has 1 N–H and O–H groups in total. The summed E-state index contributed by atoms with van der Waals surface area (Å²) in [6.07, 6.45) is 0. The van der Waals surface area contributed by atoms with E-state index in [4.69, 9.17) is 11.6 Å². The number of nitrogens with one attached hydrogen (secondary N) is 1. The maximum atomic E-state index is 12.1. The van der Waals surface area contributed by atoms with Crippen molar-refractivity contribution in [2.75, 3.05) is 19.6 Å². The average molecular weight is 349 g/mol. The minimum Gasteiger partial charge on any atom is -0.314 e. The zero-order valence-corrected chi connectivity index (χ0v) is 14.6. The molecule has 128 valence electrons. The highest BCUT2D eigenvalue weighted by Gasteiger charge is 2.25. The second-order valence-electron chi connectivity index (χ2n) is 6.12. The van der Waals surface area contributed by atoms with Crippen molar-refractivity contribution in [2.24, 2.45) is 14.1 Å². The second-order valence-corrected chi connectivity index (χ2v) is 6.56. The fourth-order valence-electron chi connectivity index (χ4n) is 3.12. The standard InChI is InChI=1S/C17H21ClN4O2/c1-20-14(9-16(23)21(2)17(20)24)11-22-7-6-19-10-15(22)12-4-3-5-13(18)8-12/h3-5,8-9,15,19H,6-7,10-11H2,1-2H3. The Labute approximate surface area is 145 Å². The fraction of sp³-hybridized carbons (Fsp3) is 0.412. The van der Waals surface area contributed by atoms with Gasteiger partial charge in [-0.3, -0.25) is 18.8 Å². The third-order valence-electron chi connectivity index (χ3n) is 4.58. The minimum atomic E-state index is -0.299. The number of nitrogens with zero attached hydrogens (tertiary/aromatic N) is 3. The van der Waals surface area contributed by atoms with Crippen molar-refractivity contribution in [3.05, 3.63) is 67.4 Å². The van der Waals surface area contributed by atoms with Gasteiger partial charge in [-0.15, -0.1) is 0 Å². The van der Waals surface area contributed by atoms with Gasteiger partial charge >= 0.3 is 5.69 Å². The summed E-state index contributed by atoms with van der Waals surface area (Å²) >= 11 is 6.13. The van der Waals surface area contributed by atoms with E-state index in [1.165, 1.54) is 7.05 Å². The molecule has 1 aromatic heterocycles. The Morgan fingerprint density at radius 3 is 2.75 bits per heavy atom. The fourth-order valence-corrected chi connectivity index (χ4v) is 3.31. The van der Waals surface area contributed by atoms with Gasteiger partial charge in [-0.2, -0.15) is 0 Å². The molecular formula is C17H21ClN4O2. The Kier molecular flexibility index (Phi) is 4.89. The summed E-state index contributed by atoms with van der Waals surface area (Å²) in [5.41, 5.74) is 1.27. The molecule has 2 aromatic rings. The molecule has 2 heterocycles. The molecule has 0 saturated carbocycles. The predicted molar refractivity (Wildman–Crippen MR) is 94.4 cm³/mol. The molecule has 1 aliphatic heterocycles. The summed E-state index contributed by atoms with van der Waals surface area (Å²) in [5, 5.41) is 4.10. The summed E-state index contributed by atoms with van der Waals surface area (Å²) < 4.78 is 2.66. The lowest BCUT2D eigenvalue weighted by atomic mass is 10.0. The van der Waals surface area contributed by atoms with Gasteiger partial charge in [0.15, 0.2) is 0 Å². The van der Waals surface area contributed by atoms with Crippen molar-refractivity contribution in [3.63, 3.8) is 0 Å². The highest BCUT2D eigenvalue weighted by atomic mass is 35.5. The number of halogens is 1. The summed E-state index contributed by atoms with van der Waals surface area (Å²) in [5.74, 6) is 0. The Morgan fingerprint density at radius 1 is 1.21 bits per heavy atom. The van der Waals surface area contributed by atoms with Crippen LogP contribution in [0.3, 0.4) is 0 Å². The smallest absolute Gasteiger partial charge is 0.314 e. The molecule has 1 atom stereocenters. The molecule has 3 rings (SSSR count). The van der Waals surface area contributed by atoms with E-state index >= 15 is 0 Å². The normalized spacial score (nSPS) is 18.7. The van der Waals surface area contributed by atoms with E-state index in [0.29, 0.717) is 11.6 Å². The van der Waals surface area contributed by atoms with Gasteiger partial charge in [0.25, 0.3) is 5.56 Å². The first-order valence-electron chi connectivity index (χ1n) is 7.93. The van der Waals surface area contributed by atoms with Crippen molar-refractivity contribution in [3.8, 4) is 0 Å². The quantitative estimate of drug-likeness (QED) is 0.894. The van der Waals surface area contributed by atoms with Gasteiger partial charge in [0, 0.05) is 63.1 Å². The Hall–Kier alpha value is -1.89. The van der Waals surface area contributed by atoms with E-state index in [2.05, 4.69) is 16.3 Å². The molecule has 0 bridgehead atoms. The zero-order valence-electron chi connectivity index (χ0n) is 13.8. The first-order chi connectivity index (χ1) is 11.5. The first-order valence-corrected chi connectivity index (χ1v) is 8.31. The van der Waals surface area contributed by atoms with Crippen molar-refractivity contribution in [1.82, 2.24) is 19.4 Å². The van der Waals surface area contributed by atoms with Crippen LogP contribution >= 0.6 is 11.6 Å². The average Bonchev–Trinajstić information content (AvgIpc) is 2.58. The molecule has 1 saturated heterocycles. The monoisotopic (exact) mass is 348 g/mol. The zero-order chi connectivity index (χ0) is 17.3. The van der Waals surface area contributed by atoms with Gasteiger partial charge in [-0.1, -0.05) is 23.7 Å². The highest BCUT2D eigenvalue weighted by molar-refractivity contribution is 6.30. The molecule has 1 unspecified atom stereocenters. The van der Waals surface area contributed by atoms with Crippen LogP contribution in [-0.4, -0.2) is 33.7 Å². The lowest BCUT2D eigenvalue weighted by Crippen LogP contribution is -2.47. The summed E-state index contributed by atoms with van der Waals surface area (Å²) in [6.45, 7) is 3.05. The molecule has 1 fully saturated rings. The van der Waals surface area contributed by atoms with Gasteiger partial charge in [0.05, 0.1) is 0 Å². The number of rotatable bonds is 3. The third-order valence-corrected chi connectivity index (χ3v) is 4.81. The van der Waals surface area contributed by atoms with E-state index < -0.39 is 0 Å². The van der Waals surface area contributed by atoms with Crippen LogP contribution < -0.4 is 16.6 Å². The molecule has 0 aliphatic carbocycles. The minimum absolute atomic E-state index is 0.150. The number of hydrogen-bond acceptors (Lipinski definition) is 4. The van der Waals surface area contributed by atoms with Gasteiger partial charge in [0.2, 0.25) is 0 Å². The Balaban J connectivity index is 1.93. The molecular weight excluding hydrogens is 328 g/mol. The first kappa shape index (κ1) is 17.0. The molecule has 1 aromatic carbocycles. The molecule has 24 heavy (non-hydrogen) atoms. The van der Waals surface area contributed by atoms with Gasteiger partial charge in [-0.25, -0.2) is 4.79 Å². The largest absolute Gasteiger partial charge is 0.330 e. The van der Waals surface area contributed by atoms with E-state index in [0.717, 1.165) is 35.5 Å². The maximum absolute atomic E-state index is 12.1. The molecule has 6 nitrogen and oxygen atoms in total. The maximum Gasteiger partial charge on any atom is 0.330 e. The van der Waals surface area contributed by atoms with Crippen molar-refractivity contribution in [1.29, 1.82) is 0 Å². The SMILES string of the molecule is Cn1c(CN2CCNCC2c2cccc(Cl)c2)cc(=O)n(C)c1=O. The van der Waals surface area contributed by atoms with Crippen molar-refractivity contribution < 1.29 is 0 Å². The molecule has 1 aliphatic rings. The van der Waals surface area contributed by atoms with Crippen LogP contribution in [0.25, 0.3) is 0 Å². The van der Waals surface area contributed by atoms with Crippen molar-refractivity contribution in [2.45, 2.75) is 12.6 Å². The van der Waals surface area contributed by atoms with Crippen LogP contribution in [0.2, 0.25) is 5.02 Å². The van der Waals surface area contributed by atoms with Crippen LogP contribution in [0.15, 0.2) is 39.9 Å². The summed E-state index contributed by atoms with van der Waals surface area (Å²) in [7, 11) is 3.20. The van der Waals surface area contributed by atoms with E-state index in [1.54, 1.807) is 17.7 Å². The van der Waals surface area contributed by atoms with Gasteiger partial charge < -0.3 is 5.32 Å². The molecule has 7 heteroatoms. The molecule has 0 spiro atoms. The summed E-state index contributed by atoms with van der Waals surface area (Å²) in [4.78, 5) is 26.4. The highest BCUT2D eigenvalue weighted by Crippen LogP contribution is 2.25. The van der Waals surface area contributed by atoms with E-state index in [1.807, 2.05) is 18.2 Å². The van der Waals surface area contributed by atoms with Gasteiger partial charge in [-0.05, 0) is 17.7 Å². The van der Waals surface area contributed by atoms with Crippen LogP contribution in [0.4, 0.5) is 0 Å². The van der Waals surface area contributed by atoms with Crippen molar-refractivity contribution >= 4 is 11.6 Å².